The second kappa shape index (κ2) is 7.24. The van der Waals surface area contributed by atoms with Crippen molar-refractivity contribution in [3.05, 3.63) is 0 Å². The van der Waals surface area contributed by atoms with Crippen LogP contribution in [0.15, 0.2) is 0 Å². The predicted octanol–water partition coefficient (Wildman–Crippen LogP) is 2.35. The molecule has 2 nitrogen and oxygen atoms in total. The first-order valence-electron chi connectivity index (χ1n) is 5.79. The first-order valence-corrected chi connectivity index (χ1v) is 5.79. The van der Waals surface area contributed by atoms with Gasteiger partial charge in [0.25, 0.3) is 0 Å². The van der Waals surface area contributed by atoms with Gasteiger partial charge in [-0.2, -0.15) is 0 Å². The largest absolute Gasteiger partial charge is 0.320 e. The second-order valence-electron chi connectivity index (χ2n) is 5.42. The highest BCUT2D eigenvalue weighted by molar-refractivity contribution is 4.64. The molecule has 0 heterocycles. The highest BCUT2D eigenvalue weighted by Gasteiger charge is 2.10. The molecular formula is C12H28N2. The highest BCUT2D eigenvalue weighted by Crippen LogP contribution is 2.18. The lowest BCUT2D eigenvalue weighted by Gasteiger charge is -2.23. The van der Waals surface area contributed by atoms with Gasteiger partial charge >= 0.3 is 0 Å². The fraction of sp³-hybridized carbons (Fsp3) is 1.00. The molecule has 0 aromatic heterocycles. The number of hydrogen-bond donors (Lipinski definition) is 1. The molecule has 14 heavy (non-hydrogen) atoms. The molecule has 1 N–H and O–H groups in total. The van der Waals surface area contributed by atoms with E-state index in [-0.39, 0.29) is 0 Å². The monoisotopic (exact) mass is 200 g/mol. The third-order valence-electron chi connectivity index (χ3n) is 2.46. The van der Waals surface area contributed by atoms with Gasteiger partial charge in [0, 0.05) is 0 Å². The summed E-state index contributed by atoms with van der Waals surface area (Å²) in [5.74, 6) is 0. The van der Waals surface area contributed by atoms with Crippen LogP contribution in [0.1, 0.15) is 40.0 Å². The topological polar surface area (TPSA) is 15.3 Å². The second-order valence-corrected chi connectivity index (χ2v) is 5.42. The van der Waals surface area contributed by atoms with Crippen molar-refractivity contribution in [2.75, 3.05) is 33.7 Å². The number of nitrogens with one attached hydrogen (secondary N) is 1. The van der Waals surface area contributed by atoms with E-state index in [0.717, 1.165) is 6.54 Å². The van der Waals surface area contributed by atoms with Gasteiger partial charge in [-0.1, -0.05) is 20.8 Å². The summed E-state index contributed by atoms with van der Waals surface area (Å²) in [6.07, 6.45) is 3.88. The van der Waals surface area contributed by atoms with Gasteiger partial charge in [0.1, 0.15) is 0 Å². The van der Waals surface area contributed by atoms with Crippen molar-refractivity contribution in [1.29, 1.82) is 0 Å². The third-order valence-corrected chi connectivity index (χ3v) is 2.46. The van der Waals surface area contributed by atoms with Crippen LogP contribution in [0.4, 0.5) is 0 Å². The summed E-state index contributed by atoms with van der Waals surface area (Å²) in [7, 11) is 4.24. The SMILES string of the molecule is CNCCCCN(C)CCC(C)(C)C. The zero-order chi connectivity index (χ0) is 11.0. The maximum absolute atomic E-state index is 3.18. The maximum atomic E-state index is 3.18. The van der Waals surface area contributed by atoms with E-state index in [1.165, 1.54) is 32.4 Å². The van der Waals surface area contributed by atoms with E-state index in [4.69, 9.17) is 0 Å². The number of nitrogens with zero attached hydrogens (tertiary/aromatic N) is 1. The Morgan fingerprint density at radius 3 is 2.21 bits per heavy atom. The van der Waals surface area contributed by atoms with Crippen molar-refractivity contribution in [2.24, 2.45) is 5.41 Å². The van der Waals surface area contributed by atoms with E-state index in [1.807, 2.05) is 7.05 Å². The summed E-state index contributed by atoms with van der Waals surface area (Å²) in [6.45, 7) is 10.5. The molecule has 0 radical (unpaired) electrons. The molecule has 0 aliphatic carbocycles. The van der Waals surface area contributed by atoms with E-state index in [1.54, 1.807) is 0 Å². The van der Waals surface area contributed by atoms with Crippen LogP contribution in [0.25, 0.3) is 0 Å². The highest BCUT2D eigenvalue weighted by atomic mass is 15.1. The minimum absolute atomic E-state index is 0.471. The number of unbranched alkanes of at least 4 members (excludes halogenated alkanes) is 1. The lowest BCUT2D eigenvalue weighted by atomic mass is 9.92. The molecule has 0 atom stereocenters. The van der Waals surface area contributed by atoms with Crippen molar-refractivity contribution in [3.63, 3.8) is 0 Å². The Morgan fingerprint density at radius 1 is 1.07 bits per heavy atom. The molecule has 0 rings (SSSR count). The quantitative estimate of drug-likeness (QED) is 0.635. The summed E-state index contributed by atoms with van der Waals surface area (Å²) in [5.41, 5.74) is 0.471. The number of hydrogen-bond acceptors (Lipinski definition) is 2. The summed E-state index contributed by atoms with van der Waals surface area (Å²) in [5, 5.41) is 3.18. The molecule has 2 heteroatoms. The summed E-state index contributed by atoms with van der Waals surface area (Å²) >= 11 is 0. The predicted molar refractivity (Wildman–Crippen MR) is 64.7 cm³/mol. The van der Waals surface area contributed by atoms with Crippen LogP contribution < -0.4 is 5.32 Å². The first kappa shape index (κ1) is 13.9. The molecule has 0 aromatic carbocycles. The first-order chi connectivity index (χ1) is 6.45. The van der Waals surface area contributed by atoms with Crippen LogP contribution in [0.2, 0.25) is 0 Å². The van der Waals surface area contributed by atoms with E-state index in [0.29, 0.717) is 5.41 Å². The molecule has 86 valence electrons. The fourth-order valence-corrected chi connectivity index (χ4v) is 1.32. The molecule has 0 aliphatic rings. The van der Waals surface area contributed by atoms with Gasteiger partial charge in [-0.15, -0.1) is 0 Å². The molecule has 0 amide bonds. The van der Waals surface area contributed by atoms with Crippen LogP contribution in [-0.2, 0) is 0 Å². The van der Waals surface area contributed by atoms with Crippen molar-refractivity contribution in [2.45, 2.75) is 40.0 Å². The van der Waals surface area contributed by atoms with Crippen molar-refractivity contribution >= 4 is 0 Å². The van der Waals surface area contributed by atoms with Crippen molar-refractivity contribution in [1.82, 2.24) is 10.2 Å². The summed E-state index contributed by atoms with van der Waals surface area (Å²) in [6, 6.07) is 0. The third kappa shape index (κ3) is 10.0. The molecule has 0 saturated carbocycles. The van der Waals surface area contributed by atoms with E-state index in [2.05, 4.69) is 38.0 Å². The van der Waals surface area contributed by atoms with Crippen LogP contribution in [0.5, 0.6) is 0 Å². The maximum Gasteiger partial charge on any atom is -0.00168 e. The average Bonchev–Trinajstić information content (AvgIpc) is 2.08. The Hall–Kier alpha value is -0.0800. The Labute approximate surface area is 90.1 Å². The van der Waals surface area contributed by atoms with Crippen LogP contribution in [0.3, 0.4) is 0 Å². The molecular weight excluding hydrogens is 172 g/mol. The molecule has 0 spiro atoms. The fourth-order valence-electron chi connectivity index (χ4n) is 1.32. The van der Waals surface area contributed by atoms with Gasteiger partial charge in [0.05, 0.1) is 0 Å². The Kier molecular flexibility index (Phi) is 7.20. The lowest BCUT2D eigenvalue weighted by molar-refractivity contribution is 0.260. The molecule has 0 fully saturated rings. The van der Waals surface area contributed by atoms with Gasteiger partial charge in [-0.3, -0.25) is 0 Å². The van der Waals surface area contributed by atoms with Gasteiger partial charge in [0.15, 0.2) is 0 Å². The molecule has 0 saturated heterocycles. The lowest BCUT2D eigenvalue weighted by Crippen LogP contribution is -2.25. The Morgan fingerprint density at radius 2 is 1.71 bits per heavy atom. The van der Waals surface area contributed by atoms with Gasteiger partial charge in [0.2, 0.25) is 0 Å². The van der Waals surface area contributed by atoms with Crippen LogP contribution in [-0.4, -0.2) is 38.6 Å². The Balaban J connectivity index is 3.32. The smallest absolute Gasteiger partial charge is 0.00168 e. The van der Waals surface area contributed by atoms with Crippen LogP contribution in [0, 0.1) is 5.41 Å². The molecule has 0 unspecified atom stereocenters. The average molecular weight is 200 g/mol. The standard InChI is InChI=1S/C12H28N2/c1-12(2,3)8-11-14(5)10-7-6-9-13-4/h13H,6-11H2,1-5H3. The zero-order valence-corrected chi connectivity index (χ0v) is 10.7. The Bertz CT molecular complexity index is 127. The molecule has 0 bridgehead atoms. The van der Waals surface area contributed by atoms with E-state index >= 15 is 0 Å². The van der Waals surface area contributed by atoms with Crippen molar-refractivity contribution < 1.29 is 0 Å². The van der Waals surface area contributed by atoms with Crippen molar-refractivity contribution in [3.8, 4) is 0 Å². The minimum Gasteiger partial charge on any atom is -0.320 e. The van der Waals surface area contributed by atoms with E-state index in [9.17, 15) is 0 Å². The molecule has 0 aliphatic heterocycles. The van der Waals surface area contributed by atoms with Gasteiger partial charge in [-0.25, -0.2) is 0 Å². The van der Waals surface area contributed by atoms with Gasteiger partial charge in [-0.05, 0) is 58.4 Å². The van der Waals surface area contributed by atoms with Gasteiger partial charge < -0.3 is 10.2 Å². The molecule has 0 aromatic rings. The normalized spacial score (nSPS) is 12.4. The zero-order valence-electron chi connectivity index (χ0n) is 10.7. The van der Waals surface area contributed by atoms with E-state index < -0.39 is 0 Å². The van der Waals surface area contributed by atoms with Crippen LogP contribution >= 0.6 is 0 Å². The summed E-state index contributed by atoms with van der Waals surface area (Å²) < 4.78 is 0. The summed E-state index contributed by atoms with van der Waals surface area (Å²) in [4.78, 5) is 2.45. The number of rotatable bonds is 7. The minimum atomic E-state index is 0.471.